The van der Waals surface area contributed by atoms with E-state index in [4.69, 9.17) is 23.2 Å². The molecule has 5 nitrogen and oxygen atoms in total. The molecular weight excluding hydrogens is 361 g/mol. The van der Waals surface area contributed by atoms with Crippen LogP contribution in [-0.4, -0.2) is 19.0 Å². The fourth-order valence-electron chi connectivity index (χ4n) is 2.28. The van der Waals surface area contributed by atoms with Gasteiger partial charge in [0.1, 0.15) is 0 Å². The molecule has 1 unspecified atom stereocenters. The van der Waals surface area contributed by atoms with Crippen LogP contribution >= 0.6 is 23.2 Å². The highest BCUT2D eigenvalue weighted by atomic mass is 35.5. The normalized spacial score (nSPS) is 11.5. The molecule has 0 saturated carbocycles. The molecule has 0 fully saturated rings. The van der Waals surface area contributed by atoms with E-state index in [1.165, 1.54) is 0 Å². The number of carbonyl (C=O) groups excluding carboxylic acids is 2. The Kier molecular flexibility index (Phi) is 6.67. The number of hydrogen-bond acceptors (Lipinski definition) is 2. The smallest absolute Gasteiger partial charge is 0.315 e. The minimum absolute atomic E-state index is 0.147. The summed E-state index contributed by atoms with van der Waals surface area (Å²) in [5, 5.41) is 9.21. The Labute approximate surface area is 156 Å². The lowest BCUT2D eigenvalue weighted by Gasteiger charge is -2.16. The molecule has 2 aromatic carbocycles. The third kappa shape index (κ3) is 5.37. The molecule has 0 aliphatic heterocycles. The molecule has 2 aromatic rings. The van der Waals surface area contributed by atoms with E-state index in [1.807, 2.05) is 6.92 Å². The van der Waals surface area contributed by atoms with Gasteiger partial charge in [-0.2, -0.15) is 0 Å². The first kappa shape index (κ1) is 19.1. The van der Waals surface area contributed by atoms with Crippen molar-refractivity contribution in [3.05, 3.63) is 69.2 Å². The molecule has 0 saturated heterocycles. The molecule has 2 rings (SSSR count). The van der Waals surface area contributed by atoms with Crippen molar-refractivity contribution in [2.24, 2.45) is 0 Å². The molecule has 0 spiro atoms. The van der Waals surface area contributed by atoms with Crippen LogP contribution < -0.4 is 16.0 Å². The predicted octanol–water partition coefficient (Wildman–Crippen LogP) is 3.91. The van der Waals surface area contributed by atoms with Crippen LogP contribution in [0, 0.1) is 0 Å². The number of urea groups is 1. The molecule has 0 aromatic heterocycles. The summed E-state index contributed by atoms with van der Waals surface area (Å²) in [6.07, 6.45) is 0. The van der Waals surface area contributed by atoms with Gasteiger partial charge in [-0.25, -0.2) is 4.79 Å². The molecule has 1 atom stereocenters. The number of halogens is 2. The molecule has 0 radical (unpaired) electrons. The van der Waals surface area contributed by atoms with E-state index in [-0.39, 0.29) is 18.0 Å². The summed E-state index contributed by atoms with van der Waals surface area (Å²) in [7, 11) is 1.58. The molecule has 0 aliphatic rings. The highest BCUT2D eigenvalue weighted by molar-refractivity contribution is 6.35. The number of rotatable bonds is 5. The van der Waals surface area contributed by atoms with E-state index in [2.05, 4.69) is 16.0 Å². The van der Waals surface area contributed by atoms with E-state index in [0.717, 1.165) is 11.1 Å². The molecule has 3 amide bonds. The van der Waals surface area contributed by atoms with E-state index >= 15 is 0 Å². The van der Waals surface area contributed by atoms with Crippen LogP contribution in [0.4, 0.5) is 4.79 Å². The van der Waals surface area contributed by atoms with Gasteiger partial charge in [0.15, 0.2) is 0 Å². The van der Waals surface area contributed by atoms with Gasteiger partial charge < -0.3 is 16.0 Å². The van der Waals surface area contributed by atoms with Crippen LogP contribution in [0.5, 0.6) is 0 Å². The second-order valence-corrected chi connectivity index (χ2v) is 6.33. The zero-order valence-corrected chi connectivity index (χ0v) is 15.4. The van der Waals surface area contributed by atoms with Crippen LogP contribution in [0.2, 0.25) is 10.0 Å². The summed E-state index contributed by atoms with van der Waals surface area (Å²) in [5.41, 5.74) is 2.25. The minimum Gasteiger partial charge on any atom is -0.355 e. The van der Waals surface area contributed by atoms with E-state index in [0.29, 0.717) is 22.2 Å². The van der Waals surface area contributed by atoms with Crippen molar-refractivity contribution in [3.63, 3.8) is 0 Å². The highest BCUT2D eigenvalue weighted by Gasteiger charge is 2.13. The van der Waals surface area contributed by atoms with E-state index in [1.54, 1.807) is 49.5 Å². The summed E-state index contributed by atoms with van der Waals surface area (Å²) in [4.78, 5) is 23.5. The zero-order valence-electron chi connectivity index (χ0n) is 13.9. The van der Waals surface area contributed by atoms with Crippen LogP contribution in [0.1, 0.15) is 34.5 Å². The van der Waals surface area contributed by atoms with Crippen molar-refractivity contribution in [3.8, 4) is 0 Å². The van der Waals surface area contributed by atoms with Gasteiger partial charge in [0, 0.05) is 29.2 Å². The summed E-state index contributed by atoms with van der Waals surface area (Å²) < 4.78 is 0. The monoisotopic (exact) mass is 379 g/mol. The average Bonchev–Trinajstić information content (AvgIpc) is 2.59. The number of carbonyl (C=O) groups is 2. The molecule has 0 heterocycles. The maximum absolute atomic E-state index is 12.0. The molecule has 7 heteroatoms. The Morgan fingerprint density at radius 2 is 1.76 bits per heavy atom. The summed E-state index contributed by atoms with van der Waals surface area (Å²) in [6.45, 7) is 2.19. The van der Waals surface area contributed by atoms with Crippen molar-refractivity contribution in [2.45, 2.75) is 19.5 Å². The van der Waals surface area contributed by atoms with Crippen molar-refractivity contribution in [2.75, 3.05) is 7.05 Å². The molecule has 0 aliphatic carbocycles. The SMILES string of the molecule is CNC(=O)c1ccc(CNC(=O)NC(C)c2ccc(Cl)cc2Cl)cc1. The lowest BCUT2D eigenvalue weighted by molar-refractivity contribution is 0.0963. The van der Waals surface area contributed by atoms with E-state index in [9.17, 15) is 9.59 Å². The maximum Gasteiger partial charge on any atom is 0.315 e. The second kappa shape index (κ2) is 8.74. The average molecular weight is 380 g/mol. The molecule has 3 N–H and O–H groups in total. The fraction of sp³-hybridized carbons (Fsp3) is 0.222. The first-order valence-electron chi connectivity index (χ1n) is 7.71. The summed E-state index contributed by atoms with van der Waals surface area (Å²) in [6, 6.07) is 11.6. The fourth-order valence-corrected chi connectivity index (χ4v) is 2.85. The molecule has 0 bridgehead atoms. The second-order valence-electron chi connectivity index (χ2n) is 5.49. The number of nitrogens with one attached hydrogen (secondary N) is 3. The number of amides is 3. The predicted molar refractivity (Wildman–Crippen MR) is 100 cm³/mol. The van der Waals surface area contributed by atoms with Crippen molar-refractivity contribution in [1.82, 2.24) is 16.0 Å². The Bertz CT molecular complexity index is 763. The van der Waals surface area contributed by atoms with Gasteiger partial charge in [-0.05, 0) is 42.3 Å². The van der Waals surface area contributed by atoms with Gasteiger partial charge in [-0.3, -0.25) is 4.79 Å². The largest absolute Gasteiger partial charge is 0.355 e. The maximum atomic E-state index is 12.0. The first-order chi connectivity index (χ1) is 11.9. The topological polar surface area (TPSA) is 70.2 Å². The summed E-state index contributed by atoms with van der Waals surface area (Å²) in [5.74, 6) is -0.147. The minimum atomic E-state index is -0.311. The Morgan fingerprint density at radius 1 is 1.08 bits per heavy atom. The van der Waals surface area contributed by atoms with Crippen LogP contribution in [-0.2, 0) is 6.54 Å². The Morgan fingerprint density at radius 3 is 2.36 bits per heavy atom. The summed E-state index contributed by atoms with van der Waals surface area (Å²) >= 11 is 12.0. The zero-order chi connectivity index (χ0) is 18.4. The van der Waals surface area contributed by atoms with E-state index < -0.39 is 0 Å². The van der Waals surface area contributed by atoms with Gasteiger partial charge in [0.25, 0.3) is 5.91 Å². The third-order valence-electron chi connectivity index (χ3n) is 3.67. The standard InChI is InChI=1S/C18H19Cl2N3O2/c1-11(15-8-7-14(19)9-16(15)20)23-18(25)22-10-12-3-5-13(6-4-12)17(24)21-2/h3-9,11H,10H2,1-2H3,(H,21,24)(H2,22,23,25). The van der Waals surface area contributed by atoms with Crippen molar-refractivity contribution < 1.29 is 9.59 Å². The first-order valence-corrected chi connectivity index (χ1v) is 8.46. The Balaban J connectivity index is 1.88. The van der Waals surface area contributed by atoms with Gasteiger partial charge in [-0.15, -0.1) is 0 Å². The lowest BCUT2D eigenvalue weighted by Crippen LogP contribution is -2.36. The van der Waals surface area contributed by atoms with Gasteiger partial charge >= 0.3 is 6.03 Å². The van der Waals surface area contributed by atoms with Gasteiger partial charge in [0.2, 0.25) is 0 Å². The lowest BCUT2D eigenvalue weighted by atomic mass is 10.1. The quantitative estimate of drug-likeness (QED) is 0.736. The van der Waals surface area contributed by atoms with Gasteiger partial charge in [-0.1, -0.05) is 41.4 Å². The highest BCUT2D eigenvalue weighted by Crippen LogP contribution is 2.25. The van der Waals surface area contributed by atoms with Gasteiger partial charge in [0.05, 0.1) is 6.04 Å². The molecule has 25 heavy (non-hydrogen) atoms. The molecule has 132 valence electrons. The molecular formula is C18H19Cl2N3O2. The van der Waals surface area contributed by atoms with Crippen molar-refractivity contribution >= 4 is 35.1 Å². The van der Waals surface area contributed by atoms with Crippen LogP contribution in [0.15, 0.2) is 42.5 Å². The van der Waals surface area contributed by atoms with Crippen molar-refractivity contribution in [1.29, 1.82) is 0 Å². The number of hydrogen-bond donors (Lipinski definition) is 3. The van der Waals surface area contributed by atoms with Crippen LogP contribution in [0.25, 0.3) is 0 Å². The third-order valence-corrected chi connectivity index (χ3v) is 4.24. The van der Waals surface area contributed by atoms with Crippen LogP contribution in [0.3, 0.4) is 0 Å². The Hall–Kier alpha value is -2.24. The number of benzene rings is 2.